The van der Waals surface area contributed by atoms with E-state index < -0.39 is 12.0 Å². The number of hydrogen-bond acceptors (Lipinski definition) is 5. The summed E-state index contributed by atoms with van der Waals surface area (Å²) in [5.74, 6) is 0.199. The SMILES string of the molecule is COCCn1c(-c2c[nH]c(=O)c(C)c2)nc2cc(CN[C@@H](CC(C)C)C(=O)O)ccc21. The van der Waals surface area contributed by atoms with Crippen LogP contribution in [0.3, 0.4) is 0 Å². The van der Waals surface area contributed by atoms with Crippen LogP contribution in [0.2, 0.25) is 0 Å². The molecule has 0 unspecified atom stereocenters. The van der Waals surface area contributed by atoms with Crippen LogP contribution in [0.15, 0.2) is 35.3 Å². The van der Waals surface area contributed by atoms with Gasteiger partial charge in [-0.25, -0.2) is 4.98 Å². The summed E-state index contributed by atoms with van der Waals surface area (Å²) in [5.41, 5.74) is 4.06. The zero-order valence-corrected chi connectivity index (χ0v) is 18.4. The summed E-state index contributed by atoms with van der Waals surface area (Å²) in [6, 6.07) is 7.19. The van der Waals surface area contributed by atoms with E-state index >= 15 is 0 Å². The molecule has 0 aliphatic carbocycles. The number of aromatic amines is 1. The fraction of sp³-hybridized carbons (Fsp3) is 0.435. The lowest BCUT2D eigenvalue weighted by Gasteiger charge is -2.16. The third-order valence-electron chi connectivity index (χ3n) is 5.24. The molecular formula is C23H30N4O4. The Hall–Kier alpha value is -2.97. The van der Waals surface area contributed by atoms with Gasteiger partial charge in [0.15, 0.2) is 0 Å². The van der Waals surface area contributed by atoms with E-state index in [1.54, 1.807) is 20.2 Å². The van der Waals surface area contributed by atoms with Gasteiger partial charge in [-0.05, 0) is 43.0 Å². The Labute approximate surface area is 181 Å². The average molecular weight is 427 g/mol. The molecule has 3 aromatic rings. The number of carbonyl (C=O) groups is 1. The largest absolute Gasteiger partial charge is 0.480 e. The lowest BCUT2D eigenvalue weighted by Crippen LogP contribution is -2.37. The Kier molecular flexibility index (Phi) is 7.25. The second kappa shape index (κ2) is 9.89. The van der Waals surface area contributed by atoms with E-state index in [-0.39, 0.29) is 11.5 Å². The van der Waals surface area contributed by atoms with Crippen molar-refractivity contribution < 1.29 is 14.6 Å². The van der Waals surface area contributed by atoms with Gasteiger partial charge in [0, 0.05) is 37.5 Å². The molecule has 2 heterocycles. The number of aromatic nitrogens is 3. The Morgan fingerprint density at radius 2 is 2.10 bits per heavy atom. The molecule has 3 rings (SSSR count). The zero-order chi connectivity index (χ0) is 22.5. The summed E-state index contributed by atoms with van der Waals surface area (Å²) in [6.45, 7) is 7.38. The molecule has 166 valence electrons. The first kappa shape index (κ1) is 22.7. The highest BCUT2D eigenvalue weighted by atomic mass is 16.5. The molecule has 3 N–H and O–H groups in total. The van der Waals surface area contributed by atoms with E-state index in [0.717, 1.165) is 28.0 Å². The first-order valence-electron chi connectivity index (χ1n) is 10.4. The Morgan fingerprint density at radius 1 is 1.32 bits per heavy atom. The Balaban J connectivity index is 1.94. The van der Waals surface area contributed by atoms with Crippen LogP contribution in [-0.4, -0.2) is 45.4 Å². The van der Waals surface area contributed by atoms with Gasteiger partial charge >= 0.3 is 5.97 Å². The Bertz CT molecular complexity index is 1120. The van der Waals surface area contributed by atoms with Crippen molar-refractivity contribution >= 4 is 17.0 Å². The number of pyridine rings is 1. The number of aryl methyl sites for hydroxylation is 1. The van der Waals surface area contributed by atoms with Crippen molar-refractivity contribution in [1.82, 2.24) is 19.9 Å². The standard InChI is InChI=1S/C23H30N4O4/c1-14(2)9-19(23(29)30)24-12-16-5-6-20-18(11-16)26-21(27(20)7-8-31-4)17-10-15(3)22(28)25-13-17/h5-6,10-11,13-14,19,24H,7-9,12H2,1-4H3,(H,25,28)(H,29,30)/t19-/m0/s1. The highest BCUT2D eigenvalue weighted by molar-refractivity contribution is 5.81. The predicted molar refractivity (Wildman–Crippen MR) is 120 cm³/mol. The Morgan fingerprint density at radius 3 is 2.74 bits per heavy atom. The molecule has 0 fully saturated rings. The highest BCUT2D eigenvalue weighted by Crippen LogP contribution is 2.25. The predicted octanol–water partition coefficient (Wildman–Crippen LogP) is 2.94. The van der Waals surface area contributed by atoms with Gasteiger partial charge in [-0.1, -0.05) is 19.9 Å². The average Bonchev–Trinajstić information content (AvgIpc) is 3.08. The lowest BCUT2D eigenvalue weighted by molar-refractivity contribution is -0.140. The zero-order valence-electron chi connectivity index (χ0n) is 18.4. The molecule has 2 aromatic heterocycles. The van der Waals surface area contributed by atoms with Crippen molar-refractivity contribution in [1.29, 1.82) is 0 Å². The van der Waals surface area contributed by atoms with Crippen molar-refractivity contribution in [3.8, 4) is 11.4 Å². The van der Waals surface area contributed by atoms with E-state index in [9.17, 15) is 14.7 Å². The van der Waals surface area contributed by atoms with Crippen LogP contribution in [0.4, 0.5) is 0 Å². The lowest BCUT2D eigenvalue weighted by atomic mass is 10.0. The van der Waals surface area contributed by atoms with Crippen LogP contribution < -0.4 is 10.9 Å². The van der Waals surface area contributed by atoms with Crippen molar-refractivity contribution in [3.63, 3.8) is 0 Å². The minimum absolute atomic E-state index is 0.119. The number of hydrogen-bond donors (Lipinski definition) is 3. The number of carboxylic acids is 1. The molecule has 1 aromatic carbocycles. The molecule has 8 nitrogen and oxygen atoms in total. The number of fused-ring (bicyclic) bond motifs is 1. The van der Waals surface area contributed by atoms with E-state index in [1.165, 1.54) is 0 Å². The van der Waals surface area contributed by atoms with Crippen LogP contribution >= 0.6 is 0 Å². The number of aliphatic carboxylic acids is 1. The summed E-state index contributed by atoms with van der Waals surface area (Å²) < 4.78 is 7.34. The van der Waals surface area contributed by atoms with E-state index in [0.29, 0.717) is 31.7 Å². The van der Waals surface area contributed by atoms with Gasteiger partial charge < -0.3 is 24.7 Å². The maximum atomic E-state index is 11.8. The quantitative estimate of drug-likeness (QED) is 0.460. The summed E-state index contributed by atoms with van der Waals surface area (Å²) in [6.07, 6.45) is 2.24. The van der Waals surface area contributed by atoms with Crippen molar-refractivity contribution in [3.05, 3.63) is 51.9 Å². The van der Waals surface area contributed by atoms with Gasteiger partial charge in [0.05, 0.1) is 17.6 Å². The molecule has 0 bridgehead atoms. The van der Waals surface area contributed by atoms with Gasteiger partial charge in [0.2, 0.25) is 0 Å². The van der Waals surface area contributed by atoms with E-state index in [2.05, 4.69) is 14.9 Å². The number of H-pyrrole nitrogens is 1. The second-order valence-electron chi connectivity index (χ2n) is 8.20. The van der Waals surface area contributed by atoms with Crippen LogP contribution in [0.5, 0.6) is 0 Å². The molecular weight excluding hydrogens is 396 g/mol. The normalized spacial score (nSPS) is 12.5. The van der Waals surface area contributed by atoms with Gasteiger partial charge in [-0.2, -0.15) is 0 Å². The highest BCUT2D eigenvalue weighted by Gasteiger charge is 2.19. The van der Waals surface area contributed by atoms with Crippen molar-refractivity contribution in [2.75, 3.05) is 13.7 Å². The minimum Gasteiger partial charge on any atom is -0.480 e. The third-order valence-corrected chi connectivity index (χ3v) is 5.24. The van der Waals surface area contributed by atoms with E-state index in [4.69, 9.17) is 9.72 Å². The van der Waals surface area contributed by atoms with Crippen LogP contribution in [0, 0.1) is 12.8 Å². The number of imidazole rings is 1. The summed E-state index contributed by atoms with van der Waals surface area (Å²) >= 11 is 0. The molecule has 0 amide bonds. The van der Waals surface area contributed by atoms with Crippen LogP contribution in [-0.2, 0) is 22.6 Å². The maximum absolute atomic E-state index is 11.8. The van der Waals surface area contributed by atoms with Gasteiger partial charge in [0.1, 0.15) is 11.9 Å². The third kappa shape index (κ3) is 5.39. The molecule has 0 saturated heterocycles. The van der Waals surface area contributed by atoms with Crippen molar-refractivity contribution in [2.45, 2.75) is 46.3 Å². The van der Waals surface area contributed by atoms with E-state index in [1.807, 2.05) is 38.1 Å². The number of nitrogens with one attached hydrogen (secondary N) is 2. The monoisotopic (exact) mass is 426 g/mol. The topological polar surface area (TPSA) is 109 Å². The summed E-state index contributed by atoms with van der Waals surface area (Å²) in [4.78, 5) is 30.9. The molecule has 0 aliphatic heterocycles. The number of nitrogens with zero attached hydrogens (tertiary/aromatic N) is 2. The summed E-state index contributed by atoms with van der Waals surface area (Å²) in [7, 11) is 1.66. The smallest absolute Gasteiger partial charge is 0.320 e. The first-order valence-corrected chi connectivity index (χ1v) is 10.4. The minimum atomic E-state index is -0.839. The molecule has 8 heteroatoms. The molecule has 31 heavy (non-hydrogen) atoms. The van der Waals surface area contributed by atoms with Crippen molar-refractivity contribution in [2.24, 2.45) is 5.92 Å². The molecule has 0 spiro atoms. The first-order chi connectivity index (χ1) is 14.8. The number of ether oxygens (including phenoxy) is 1. The van der Waals surface area contributed by atoms with Crippen LogP contribution in [0.1, 0.15) is 31.4 Å². The molecule has 1 atom stereocenters. The van der Waals surface area contributed by atoms with Gasteiger partial charge in [-0.3, -0.25) is 9.59 Å². The second-order valence-corrected chi connectivity index (χ2v) is 8.20. The maximum Gasteiger partial charge on any atom is 0.320 e. The number of methoxy groups -OCH3 is 1. The fourth-order valence-electron chi connectivity index (χ4n) is 3.63. The number of benzene rings is 1. The fourth-order valence-corrected chi connectivity index (χ4v) is 3.63. The van der Waals surface area contributed by atoms with Gasteiger partial charge in [0.25, 0.3) is 5.56 Å². The van der Waals surface area contributed by atoms with Gasteiger partial charge in [-0.15, -0.1) is 0 Å². The number of rotatable bonds is 10. The number of carboxylic acid groups (broad SMARTS) is 1. The molecule has 0 radical (unpaired) electrons. The molecule has 0 saturated carbocycles. The molecule has 0 aliphatic rings. The summed E-state index contributed by atoms with van der Waals surface area (Å²) in [5, 5.41) is 12.6. The van der Waals surface area contributed by atoms with Crippen LogP contribution in [0.25, 0.3) is 22.4 Å².